The summed E-state index contributed by atoms with van der Waals surface area (Å²) in [4.78, 5) is 29.2. The van der Waals surface area contributed by atoms with Crippen molar-refractivity contribution in [3.05, 3.63) is 96.0 Å². The number of aromatic nitrogens is 3. The summed E-state index contributed by atoms with van der Waals surface area (Å²) in [5, 5.41) is 13.0. The van der Waals surface area contributed by atoms with Crippen molar-refractivity contribution in [1.29, 1.82) is 0 Å². The summed E-state index contributed by atoms with van der Waals surface area (Å²) in [5.74, 6) is 1.25. The van der Waals surface area contributed by atoms with Crippen LogP contribution in [0.2, 0.25) is 0 Å². The molecule has 0 unspecified atom stereocenters. The van der Waals surface area contributed by atoms with Crippen LogP contribution in [-0.2, 0) is 0 Å². The van der Waals surface area contributed by atoms with Gasteiger partial charge in [0.1, 0.15) is 11.5 Å². The quantitative estimate of drug-likeness (QED) is 0.336. The van der Waals surface area contributed by atoms with Crippen molar-refractivity contribution >= 4 is 29.0 Å². The number of ether oxygens (including phenoxy) is 1. The summed E-state index contributed by atoms with van der Waals surface area (Å²) in [6.07, 6.45) is 11.4. The molecule has 3 amide bonds. The van der Waals surface area contributed by atoms with Gasteiger partial charge in [0.2, 0.25) is 0 Å². The molecule has 2 aromatic carbocycles. The Labute approximate surface area is 213 Å². The Morgan fingerprint density at radius 3 is 2.62 bits per heavy atom. The van der Waals surface area contributed by atoms with E-state index >= 15 is 0 Å². The Hall–Kier alpha value is -4.92. The normalized spacial score (nSPS) is 12.6. The molecule has 0 radical (unpaired) electrons. The average molecular weight is 495 g/mol. The number of hydrogen-bond donors (Lipinski definition) is 3. The highest BCUT2D eigenvalue weighted by Crippen LogP contribution is 2.30. The summed E-state index contributed by atoms with van der Waals surface area (Å²) in [6.45, 7) is 1.92. The van der Waals surface area contributed by atoms with Gasteiger partial charge in [0.05, 0.1) is 11.4 Å². The number of carbonyl (C=O) groups excluding carboxylic acids is 2. The summed E-state index contributed by atoms with van der Waals surface area (Å²) >= 11 is 0. The number of imidazole rings is 1. The van der Waals surface area contributed by atoms with Crippen LogP contribution < -0.4 is 20.7 Å². The van der Waals surface area contributed by atoms with Crippen molar-refractivity contribution in [1.82, 2.24) is 19.9 Å². The molecule has 0 bridgehead atoms. The molecule has 0 saturated carbocycles. The Bertz CT molecular complexity index is 1540. The summed E-state index contributed by atoms with van der Waals surface area (Å²) in [6, 6.07) is 14.1. The van der Waals surface area contributed by atoms with E-state index in [2.05, 4.69) is 32.1 Å². The first-order valence-corrected chi connectivity index (χ1v) is 11.9. The van der Waals surface area contributed by atoms with E-state index in [1.54, 1.807) is 54.3 Å². The van der Waals surface area contributed by atoms with E-state index in [1.165, 1.54) is 0 Å². The molecule has 0 atom stereocenters. The largest absolute Gasteiger partial charge is 0.458 e. The minimum absolute atomic E-state index is 0.233. The van der Waals surface area contributed by atoms with E-state index in [4.69, 9.17) is 4.74 Å². The fraction of sp³-hybridized carbons (Fsp3) is 0.143. The van der Waals surface area contributed by atoms with Crippen LogP contribution in [0.5, 0.6) is 5.75 Å². The SMILES string of the molecule is CNC(=O)Nc1cc(-c2cccc(NC(=O)c3ccc(OC4=CCCC=C4)cc3)c2C)nn2ccnc12. The van der Waals surface area contributed by atoms with Crippen molar-refractivity contribution in [3.8, 4) is 17.0 Å². The van der Waals surface area contributed by atoms with E-state index in [9.17, 15) is 9.59 Å². The zero-order chi connectivity index (χ0) is 25.8. The summed E-state index contributed by atoms with van der Waals surface area (Å²) in [5.41, 5.74) is 4.49. The van der Waals surface area contributed by atoms with Gasteiger partial charge in [-0.1, -0.05) is 18.2 Å². The summed E-state index contributed by atoms with van der Waals surface area (Å²) in [7, 11) is 1.54. The molecule has 9 nitrogen and oxygen atoms in total. The Morgan fingerprint density at radius 1 is 1.03 bits per heavy atom. The highest BCUT2D eigenvalue weighted by molar-refractivity contribution is 6.05. The molecular weight excluding hydrogens is 468 g/mol. The van der Waals surface area contributed by atoms with Gasteiger partial charge in [0, 0.05) is 36.3 Å². The van der Waals surface area contributed by atoms with Crippen molar-refractivity contribution < 1.29 is 14.3 Å². The van der Waals surface area contributed by atoms with Gasteiger partial charge in [-0.2, -0.15) is 5.10 Å². The highest BCUT2D eigenvalue weighted by Gasteiger charge is 2.15. The highest BCUT2D eigenvalue weighted by atomic mass is 16.5. The lowest BCUT2D eigenvalue weighted by Gasteiger charge is -2.14. The maximum Gasteiger partial charge on any atom is 0.319 e. The van der Waals surface area contributed by atoms with Crippen LogP contribution in [0.1, 0.15) is 28.8 Å². The third-order valence-electron chi connectivity index (χ3n) is 6.01. The third kappa shape index (κ3) is 5.20. The number of allylic oxidation sites excluding steroid dienone is 3. The van der Waals surface area contributed by atoms with E-state index in [0.717, 1.165) is 29.7 Å². The number of carbonyl (C=O) groups is 2. The van der Waals surface area contributed by atoms with Gasteiger partial charge in [0.15, 0.2) is 5.65 Å². The molecule has 1 aliphatic rings. The molecule has 0 aliphatic heterocycles. The van der Waals surface area contributed by atoms with Crippen LogP contribution in [0.15, 0.2) is 84.9 Å². The van der Waals surface area contributed by atoms with Crippen LogP contribution in [0, 0.1) is 6.92 Å². The Balaban J connectivity index is 1.37. The monoisotopic (exact) mass is 494 g/mol. The topological polar surface area (TPSA) is 110 Å². The van der Waals surface area contributed by atoms with Crippen molar-refractivity contribution in [2.45, 2.75) is 19.8 Å². The zero-order valence-corrected chi connectivity index (χ0v) is 20.5. The Morgan fingerprint density at radius 2 is 1.86 bits per heavy atom. The number of nitrogens with zero attached hydrogens (tertiary/aromatic N) is 3. The molecular formula is C28H26N6O3. The molecule has 0 saturated heterocycles. The molecule has 4 aromatic rings. The number of amides is 3. The molecule has 5 rings (SSSR count). The number of rotatable bonds is 6. The molecule has 3 N–H and O–H groups in total. The number of fused-ring (bicyclic) bond motifs is 1. The standard InChI is InChI=1S/C28H26N6O3/c1-18-22(24-17-25(32-28(36)29-2)26-30-15-16-34(26)33-24)9-6-10-23(18)31-27(35)19-11-13-21(14-12-19)37-20-7-4-3-5-8-20/h4,6-17H,3,5H2,1-2H3,(H,31,35)(H2,29,32,36). The molecule has 37 heavy (non-hydrogen) atoms. The summed E-state index contributed by atoms with van der Waals surface area (Å²) < 4.78 is 7.46. The van der Waals surface area contributed by atoms with Gasteiger partial charge in [0.25, 0.3) is 5.91 Å². The number of hydrogen-bond acceptors (Lipinski definition) is 5. The van der Waals surface area contributed by atoms with E-state index in [0.29, 0.717) is 34.0 Å². The second-order valence-electron chi connectivity index (χ2n) is 8.49. The second kappa shape index (κ2) is 10.4. The smallest absolute Gasteiger partial charge is 0.319 e. The van der Waals surface area contributed by atoms with Gasteiger partial charge in [-0.15, -0.1) is 0 Å². The van der Waals surface area contributed by atoms with Crippen LogP contribution in [0.3, 0.4) is 0 Å². The second-order valence-corrected chi connectivity index (χ2v) is 8.49. The van der Waals surface area contributed by atoms with E-state index in [1.807, 2.05) is 37.3 Å². The van der Waals surface area contributed by atoms with E-state index in [-0.39, 0.29) is 11.9 Å². The lowest BCUT2D eigenvalue weighted by Crippen LogP contribution is -2.25. The molecule has 0 spiro atoms. The van der Waals surface area contributed by atoms with Crippen LogP contribution >= 0.6 is 0 Å². The number of nitrogens with one attached hydrogen (secondary N) is 3. The van der Waals surface area contributed by atoms with Gasteiger partial charge in [-0.05, 0) is 73.9 Å². The van der Waals surface area contributed by atoms with Crippen LogP contribution in [0.4, 0.5) is 16.2 Å². The van der Waals surface area contributed by atoms with E-state index < -0.39 is 0 Å². The maximum absolute atomic E-state index is 13.0. The molecule has 2 aromatic heterocycles. The average Bonchev–Trinajstić information content (AvgIpc) is 3.40. The molecule has 1 aliphatic carbocycles. The molecule has 0 fully saturated rings. The predicted octanol–water partition coefficient (Wildman–Crippen LogP) is 5.32. The molecule has 9 heteroatoms. The lowest BCUT2D eigenvalue weighted by atomic mass is 10.0. The maximum atomic E-state index is 13.0. The number of urea groups is 1. The van der Waals surface area contributed by atoms with Gasteiger partial charge >= 0.3 is 6.03 Å². The minimum atomic E-state index is -0.358. The Kier molecular flexibility index (Phi) is 6.67. The van der Waals surface area contributed by atoms with Crippen LogP contribution in [0.25, 0.3) is 16.9 Å². The molecule has 2 heterocycles. The fourth-order valence-electron chi connectivity index (χ4n) is 4.04. The third-order valence-corrected chi connectivity index (χ3v) is 6.01. The minimum Gasteiger partial charge on any atom is -0.458 e. The lowest BCUT2D eigenvalue weighted by molar-refractivity contribution is 0.102. The predicted molar refractivity (Wildman–Crippen MR) is 143 cm³/mol. The first-order valence-electron chi connectivity index (χ1n) is 11.9. The number of anilines is 2. The van der Waals surface area contributed by atoms with Crippen LogP contribution in [-0.4, -0.2) is 33.6 Å². The van der Waals surface area contributed by atoms with Gasteiger partial charge in [-0.3, -0.25) is 4.79 Å². The fourth-order valence-corrected chi connectivity index (χ4v) is 4.04. The van der Waals surface area contributed by atoms with Gasteiger partial charge < -0.3 is 20.7 Å². The number of benzene rings is 2. The first kappa shape index (κ1) is 23.8. The molecule has 186 valence electrons. The van der Waals surface area contributed by atoms with Crippen molar-refractivity contribution in [2.24, 2.45) is 0 Å². The zero-order valence-electron chi connectivity index (χ0n) is 20.5. The van der Waals surface area contributed by atoms with Gasteiger partial charge in [-0.25, -0.2) is 14.3 Å². The van der Waals surface area contributed by atoms with Crippen molar-refractivity contribution in [2.75, 3.05) is 17.7 Å². The van der Waals surface area contributed by atoms with Crippen molar-refractivity contribution in [3.63, 3.8) is 0 Å². The first-order chi connectivity index (χ1) is 18.0.